The molecule has 0 saturated heterocycles. The van der Waals surface area contributed by atoms with Crippen LogP contribution in [0.15, 0.2) is 119 Å². The zero-order valence-electron chi connectivity index (χ0n) is 28.3. The molecule has 2 N–H and O–H groups in total. The van der Waals surface area contributed by atoms with E-state index in [4.69, 9.17) is 4.74 Å². The van der Waals surface area contributed by atoms with Crippen LogP contribution in [-0.2, 0) is 4.74 Å². The summed E-state index contributed by atoms with van der Waals surface area (Å²) in [5.74, 6) is 0.344. The first kappa shape index (κ1) is 34.8. The molecule has 0 aromatic carbocycles. The van der Waals surface area contributed by atoms with Gasteiger partial charge in [-0.2, -0.15) is 0 Å². The lowest BCUT2D eigenvalue weighted by Crippen LogP contribution is -2.45. The van der Waals surface area contributed by atoms with Gasteiger partial charge in [0.1, 0.15) is 0 Å². The van der Waals surface area contributed by atoms with E-state index < -0.39 is 0 Å². The van der Waals surface area contributed by atoms with Gasteiger partial charge in [0.05, 0.1) is 23.9 Å². The Bertz CT molecular complexity index is 1320. The molecule has 0 bridgehead atoms. The molecule has 1 saturated carbocycles. The molecular formula is C40H56O3. The Morgan fingerprint density at radius 1 is 0.744 bits per heavy atom. The van der Waals surface area contributed by atoms with Gasteiger partial charge in [-0.15, -0.1) is 0 Å². The van der Waals surface area contributed by atoms with Crippen molar-refractivity contribution < 1.29 is 14.9 Å². The second-order valence-electron chi connectivity index (χ2n) is 14.5. The largest absolute Gasteiger partial charge is 0.393 e. The fraction of sp³-hybridized carbons (Fsp3) is 0.500. The zero-order valence-corrected chi connectivity index (χ0v) is 28.3. The van der Waals surface area contributed by atoms with E-state index in [1.165, 1.54) is 33.4 Å². The van der Waals surface area contributed by atoms with Gasteiger partial charge in [-0.25, -0.2) is 0 Å². The molecule has 3 rings (SSSR count). The Morgan fingerprint density at radius 2 is 1.30 bits per heavy atom. The summed E-state index contributed by atoms with van der Waals surface area (Å²) < 4.78 is 6.46. The SMILES string of the molecule is CC1=C[C@H](O)CC(C)(C)[C@H]1/C=C/C(C)=C/C=C/C(C)=C/C=C/C=C(C)/C=C/C=C(\C)[C@@H]1C=C2C(C)(C)C[C@@H](O)CC2(C)O1. The molecule has 1 unspecified atom stereocenters. The Hall–Kier alpha value is -2.72. The molecule has 5 atom stereocenters. The first-order valence-corrected chi connectivity index (χ1v) is 15.9. The number of aliphatic hydroxyl groups is 2. The van der Waals surface area contributed by atoms with Gasteiger partial charge in [-0.3, -0.25) is 0 Å². The molecule has 234 valence electrons. The van der Waals surface area contributed by atoms with Gasteiger partial charge in [0, 0.05) is 12.3 Å². The van der Waals surface area contributed by atoms with E-state index in [1.807, 2.05) is 6.08 Å². The summed E-state index contributed by atoms with van der Waals surface area (Å²) >= 11 is 0. The van der Waals surface area contributed by atoms with Crippen LogP contribution in [0.3, 0.4) is 0 Å². The van der Waals surface area contributed by atoms with Gasteiger partial charge in [0.15, 0.2) is 0 Å². The van der Waals surface area contributed by atoms with Gasteiger partial charge in [0.2, 0.25) is 0 Å². The van der Waals surface area contributed by atoms with Crippen molar-refractivity contribution in [3.8, 4) is 0 Å². The quantitative estimate of drug-likeness (QED) is 0.210. The summed E-state index contributed by atoms with van der Waals surface area (Å²) in [6.07, 6.45) is 31.3. The third kappa shape index (κ3) is 9.63. The van der Waals surface area contributed by atoms with Crippen LogP contribution in [0.4, 0.5) is 0 Å². The Kier molecular flexibility index (Phi) is 11.6. The minimum absolute atomic E-state index is 0.0467. The van der Waals surface area contributed by atoms with Crippen molar-refractivity contribution in [2.75, 3.05) is 0 Å². The minimum atomic E-state index is -0.382. The third-order valence-electron chi connectivity index (χ3n) is 9.16. The van der Waals surface area contributed by atoms with Gasteiger partial charge < -0.3 is 14.9 Å². The molecule has 0 radical (unpaired) electrons. The first-order chi connectivity index (χ1) is 20.0. The fourth-order valence-electron chi connectivity index (χ4n) is 7.04. The highest BCUT2D eigenvalue weighted by Crippen LogP contribution is 2.52. The standard InChI is InChI=1S/C40H56O3/c1-28(17-13-18-30(3)21-22-35-32(5)23-33(41)25-38(35,6)7)15-11-12-16-29(2)19-14-20-31(4)36-24-37-39(8,9)26-34(42)27-40(37,10)43-36/h11-24,33-36,41-42H,25-27H2,1-10H3/b12-11+,17-13+,19-14+,22-21+,28-15+,29-16+,30-18+,31-20+/t33-,34+,35-,36-,40?/m0/s1. The topological polar surface area (TPSA) is 49.7 Å². The summed E-state index contributed by atoms with van der Waals surface area (Å²) in [7, 11) is 0. The second-order valence-corrected chi connectivity index (χ2v) is 14.5. The number of rotatable bonds is 9. The van der Waals surface area contributed by atoms with Crippen molar-refractivity contribution in [3.05, 3.63) is 119 Å². The van der Waals surface area contributed by atoms with Crippen LogP contribution in [0.25, 0.3) is 0 Å². The van der Waals surface area contributed by atoms with Crippen LogP contribution < -0.4 is 0 Å². The minimum Gasteiger partial charge on any atom is -0.393 e. The predicted molar refractivity (Wildman–Crippen MR) is 184 cm³/mol. The third-order valence-corrected chi connectivity index (χ3v) is 9.16. The number of allylic oxidation sites excluding steroid dienone is 16. The monoisotopic (exact) mass is 584 g/mol. The molecule has 3 nitrogen and oxygen atoms in total. The van der Waals surface area contributed by atoms with Crippen molar-refractivity contribution >= 4 is 0 Å². The smallest absolute Gasteiger partial charge is 0.0982 e. The summed E-state index contributed by atoms with van der Waals surface area (Å²) in [6.45, 7) is 21.6. The predicted octanol–water partition coefficient (Wildman–Crippen LogP) is 9.61. The van der Waals surface area contributed by atoms with Gasteiger partial charge in [0.25, 0.3) is 0 Å². The van der Waals surface area contributed by atoms with Gasteiger partial charge in [-0.05, 0) is 82.4 Å². The molecular weight excluding hydrogens is 528 g/mol. The van der Waals surface area contributed by atoms with Gasteiger partial charge >= 0.3 is 0 Å². The van der Waals surface area contributed by atoms with E-state index in [0.717, 1.165) is 12.8 Å². The lowest BCUT2D eigenvalue weighted by Gasteiger charge is -2.44. The summed E-state index contributed by atoms with van der Waals surface area (Å²) in [4.78, 5) is 0. The highest BCUT2D eigenvalue weighted by atomic mass is 16.5. The summed E-state index contributed by atoms with van der Waals surface area (Å²) in [6, 6.07) is 0. The average Bonchev–Trinajstić information content (AvgIpc) is 3.23. The van der Waals surface area contributed by atoms with E-state index >= 15 is 0 Å². The van der Waals surface area contributed by atoms with Crippen LogP contribution in [0.2, 0.25) is 0 Å². The molecule has 43 heavy (non-hydrogen) atoms. The number of aliphatic hydroxyl groups excluding tert-OH is 2. The molecule has 1 heterocycles. The van der Waals surface area contributed by atoms with Crippen molar-refractivity contribution in [3.63, 3.8) is 0 Å². The van der Waals surface area contributed by atoms with Crippen molar-refractivity contribution in [2.45, 2.75) is 112 Å². The van der Waals surface area contributed by atoms with Crippen LogP contribution in [0.5, 0.6) is 0 Å². The van der Waals surface area contributed by atoms with E-state index in [9.17, 15) is 10.2 Å². The average molecular weight is 585 g/mol. The van der Waals surface area contributed by atoms with E-state index in [0.29, 0.717) is 12.3 Å². The molecule has 3 aliphatic rings. The van der Waals surface area contributed by atoms with E-state index in [2.05, 4.69) is 148 Å². The van der Waals surface area contributed by atoms with Crippen LogP contribution in [0.1, 0.15) is 88.5 Å². The van der Waals surface area contributed by atoms with Crippen LogP contribution >= 0.6 is 0 Å². The molecule has 0 spiro atoms. The Balaban J connectivity index is 1.52. The molecule has 3 heteroatoms. The number of hydrogen-bond acceptors (Lipinski definition) is 3. The lowest BCUT2D eigenvalue weighted by atomic mass is 9.65. The maximum atomic E-state index is 10.4. The highest BCUT2D eigenvalue weighted by Gasteiger charge is 2.50. The molecule has 1 aliphatic heterocycles. The summed E-state index contributed by atoms with van der Waals surface area (Å²) in [5.41, 5.74) is 6.92. The van der Waals surface area contributed by atoms with Crippen molar-refractivity contribution in [2.24, 2.45) is 16.7 Å². The molecule has 0 amide bonds. The molecule has 1 fully saturated rings. The second kappa shape index (κ2) is 14.4. The van der Waals surface area contributed by atoms with Crippen molar-refractivity contribution in [1.82, 2.24) is 0 Å². The molecule has 0 aromatic rings. The molecule has 2 aliphatic carbocycles. The van der Waals surface area contributed by atoms with Gasteiger partial charge in [-0.1, -0.05) is 129 Å². The Morgan fingerprint density at radius 3 is 1.91 bits per heavy atom. The van der Waals surface area contributed by atoms with Crippen LogP contribution in [-0.4, -0.2) is 34.1 Å². The summed E-state index contributed by atoms with van der Waals surface area (Å²) in [5, 5.41) is 20.5. The number of fused-ring (bicyclic) bond motifs is 1. The van der Waals surface area contributed by atoms with E-state index in [-0.39, 0.29) is 34.7 Å². The lowest BCUT2D eigenvalue weighted by molar-refractivity contribution is -0.0683. The fourth-order valence-corrected chi connectivity index (χ4v) is 7.04. The number of hydrogen-bond donors (Lipinski definition) is 2. The van der Waals surface area contributed by atoms with Crippen LogP contribution in [0, 0.1) is 16.7 Å². The normalized spacial score (nSPS) is 32.3. The maximum absolute atomic E-state index is 10.4. The molecule has 0 aromatic heterocycles. The highest BCUT2D eigenvalue weighted by molar-refractivity contribution is 5.37. The van der Waals surface area contributed by atoms with E-state index in [1.54, 1.807) is 0 Å². The van der Waals surface area contributed by atoms with Crippen molar-refractivity contribution in [1.29, 1.82) is 0 Å². The number of ether oxygens (including phenoxy) is 1. The zero-order chi connectivity index (χ0) is 32.0. The Labute approximate surface area is 262 Å². The maximum Gasteiger partial charge on any atom is 0.0982 e. The first-order valence-electron chi connectivity index (χ1n) is 15.9.